The molecule has 4 N–H and O–H groups in total. The van der Waals surface area contributed by atoms with Crippen molar-refractivity contribution in [1.29, 1.82) is 0 Å². The molecule has 0 saturated carbocycles. The molecule has 1 aromatic rings. The molecule has 1 saturated heterocycles. The number of hydrogen-bond donors (Lipinski definition) is 3. The molecule has 1 aromatic carbocycles. The third kappa shape index (κ3) is 3.65. The maximum absolute atomic E-state index is 13.1. The number of aliphatic hydroxyl groups is 1. The van der Waals surface area contributed by atoms with Crippen molar-refractivity contribution in [2.24, 2.45) is 0 Å². The van der Waals surface area contributed by atoms with E-state index in [0.717, 1.165) is 12.1 Å². The number of anilines is 1. The SMILES string of the molecule is Nc1cc(F)cc(C(=O)NCC2(O)CCOCC2)c1. The van der Waals surface area contributed by atoms with E-state index in [2.05, 4.69) is 5.32 Å². The Morgan fingerprint density at radius 2 is 2.11 bits per heavy atom. The number of nitrogens with one attached hydrogen (secondary N) is 1. The minimum absolute atomic E-state index is 0.117. The summed E-state index contributed by atoms with van der Waals surface area (Å²) in [6.45, 7) is 1.06. The molecule has 104 valence electrons. The number of hydrogen-bond acceptors (Lipinski definition) is 4. The van der Waals surface area contributed by atoms with Crippen LogP contribution in [-0.2, 0) is 4.74 Å². The maximum Gasteiger partial charge on any atom is 0.251 e. The number of nitrogen functional groups attached to an aromatic ring is 1. The molecule has 0 spiro atoms. The fraction of sp³-hybridized carbons (Fsp3) is 0.462. The minimum Gasteiger partial charge on any atom is -0.399 e. The number of halogens is 1. The number of benzene rings is 1. The second-order valence-corrected chi connectivity index (χ2v) is 4.79. The average molecular weight is 268 g/mol. The van der Waals surface area contributed by atoms with E-state index in [1.807, 2.05) is 0 Å². The molecule has 0 aromatic heterocycles. The summed E-state index contributed by atoms with van der Waals surface area (Å²) in [4.78, 5) is 11.9. The summed E-state index contributed by atoms with van der Waals surface area (Å²) in [7, 11) is 0. The third-order valence-corrected chi connectivity index (χ3v) is 3.18. The highest BCUT2D eigenvalue weighted by Crippen LogP contribution is 2.19. The van der Waals surface area contributed by atoms with Crippen LogP contribution in [0, 0.1) is 5.82 Å². The van der Waals surface area contributed by atoms with Gasteiger partial charge >= 0.3 is 0 Å². The van der Waals surface area contributed by atoms with Gasteiger partial charge in [0.2, 0.25) is 0 Å². The summed E-state index contributed by atoms with van der Waals surface area (Å²) >= 11 is 0. The molecule has 5 nitrogen and oxygen atoms in total. The molecule has 6 heteroatoms. The minimum atomic E-state index is -0.952. The van der Waals surface area contributed by atoms with Crippen molar-refractivity contribution >= 4 is 11.6 Å². The van der Waals surface area contributed by atoms with Gasteiger partial charge in [-0.2, -0.15) is 0 Å². The van der Waals surface area contributed by atoms with Gasteiger partial charge < -0.3 is 20.9 Å². The number of amides is 1. The molecule has 2 rings (SSSR count). The Bertz CT molecular complexity index is 453. The van der Waals surface area contributed by atoms with Crippen LogP contribution in [0.3, 0.4) is 0 Å². The monoisotopic (exact) mass is 268 g/mol. The van der Waals surface area contributed by atoms with Crippen LogP contribution < -0.4 is 11.1 Å². The summed E-state index contributed by atoms with van der Waals surface area (Å²) < 4.78 is 18.3. The molecule has 1 aliphatic rings. The number of rotatable bonds is 3. The van der Waals surface area contributed by atoms with Gasteiger partial charge in [-0.05, 0) is 18.2 Å². The zero-order valence-electron chi connectivity index (χ0n) is 10.5. The molecule has 0 radical (unpaired) electrons. The number of nitrogens with two attached hydrogens (primary N) is 1. The van der Waals surface area contributed by atoms with Crippen LogP contribution in [-0.4, -0.2) is 36.4 Å². The number of carbonyl (C=O) groups excluding carboxylic acids is 1. The largest absolute Gasteiger partial charge is 0.399 e. The van der Waals surface area contributed by atoms with Crippen LogP contribution in [0.4, 0.5) is 10.1 Å². The van der Waals surface area contributed by atoms with Gasteiger partial charge in [0.1, 0.15) is 5.82 Å². The van der Waals surface area contributed by atoms with Crippen LogP contribution in [0.25, 0.3) is 0 Å². The number of ether oxygens (including phenoxy) is 1. The van der Waals surface area contributed by atoms with Gasteiger partial charge in [0, 0.05) is 43.9 Å². The van der Waals surface area contributed by atoms with Gasteiger partial charge in [0.15, 0.2) is 0 Å². The van der Waals surface area contributed by atoms with Crippen molar-refractivity contribution in [3.63, 3.8) is 0 Å². The summed E-state index contributed by atoms with van der Waals surface area (Å²) in [6.07, 6.45) is 0.942. The van der Waals surface area contributed by atoms with Gasteiger partial charge in [-0.15, -0.1) is 0 Å². The van der Waals surface area contributed by atoms with Crippen LogP contribution in [0.1, 0.15) is 23.2 Å². The average Bonchev–Trinajstić information content (AvgIpc) is 2.36. The Kier molecular flexibility index (Phi) is 4.01. The van der Waals surface area contributed by atoms with Crippen molar-refractivity contribution in [2.75, 3.05) is 25.5 Å². The molecular weight excluding hydrogens is 251 g/mol. The smallest absolute Gasteiger partial charge is 0.251 e. The first kappa shape index (κ1) is 13.8. The lowest BCUT2D eigenvalue weighted by Gasteiger charge is -2.32. The van der Waals surface area contributed by atoms with E-state index < -0.39 is 17.3 Å². The molecule has 1 aliphatic heterocycles. The molecule has 1 heterocycles. The second kappa shape index (κ2) is 5.54. The summed E-state index contributed by atoms with van der Waals surface area (Å²) in [5.41, 5.74) is 4.86. The Morgan fingerprint density at radius 1 is 1.42 bits per heavy atom. The topological polar surface area (TPSA) is 84.6 Å². The third-order valence-electron chi connectivity index (χ3n) is 3.18. The van der Waals surface area contributed by atoms with Crippen molar-refractivity contribution in [2.45, 2.75) is 18.4 Å². The molecule has 0 unspecified atom stereocenters. The van der Waals surface area contributed by atoms with E-state index in [1.165, 1.54) is 6.07 Å². The predicted octanol–water partition coefficient (Wildman–Crippen LogP) is 0.679. The van der Waals surface area contributed by atoms with E-state index in [9.17, 15) is 14.3 Å². The molecule has 19 heavy (non-hydrogen) atoms. The lowest BCUT2D eigenvalue weighted by Crippen LogP contribution is -2.46. The highest BCUT2D eigenvalue weighted by molar-refractivity contribution is 5.95. The Balaban J connectivity index is 1.97. The Morgan fingerprint density at radius 3 is 2.74 bits per heavy atom. The second-order valence-electron chi connectivity index (χ2n) is 4.79. The molecule has 0 aliphatic carbocycles. The van der Waals surface area contributed by atoms with Gasteiger partial charge in [0.25, 0.3) is 5.91 Å². The van der Waals surface area contributed by atoms with Gasteiger partial charge in [-0.1, -0.05) is 0 Å². The molecule has 0 atom stereocenters. The highest BCUT2D eigenvalue weighted by Gasteiger charge is 2.30. The van der Waals surface area contributed by atoms with Crippen molar-refractivity contribution in [1.82, 2.24) is 5.32 Å². The van der Waals surface area contributed by atoms with E-state index in [1.54, 1.807) is 0 Å². The standard InChI is InChI=1S/C13H17FN2O3/c14-10-5-9(6-11(15)7-10)12(17)16-8-13(18)1-3-19-4-2-13/h5-7,18H,1-4,8,15H2,(H,16,17). The fourth-order valence-electron chi connectivity index (χ4n) is 2.02. The van der Waals surface area contributed by atoms with Crippen LogP contribution in [0.5, 0.6) is 0 Å². The molecule has 1 amide bonds. The fourth-order valence-corrected chi connectivity index (χ4v) is 2.02. The maximum atomic E-state index is 13.1. The summed E-state index contributed by atoms with van der Waals surface area (Å²) in [5, 5.41) is 12.8. The zero-order valence-corrected chi connectivity index (χ0v) is 10.5. The highest BCUT2D eigenvalue weighted by atomic mass is 19.1. The van der Waals surface area contributed by atoms with Gasteiger partial charge in [-0.3, -0.25) is 4.79 Å². The zero-order chi connectivity index (χ0) is 13.9. The van der Waals surface area contributed by atoms with Crippen LogP contribution in [0.15, 0.2) is 18.2 Å². The summed E-state index contributed by atoms with van der Waals surface area (Å²) in [5.74, 6) is -1.01. The van der Waals surface area contributed by atoms with Gasteiger partial charge in [-0.25, -0.2) is 4.39 Å². The predicted molar refractivity (Wildman–Crippen MR) is 68.1 cm³/mol. The van der Waals surface area contributed by atoms with Crippen molar-refractivity contribution in [3.05, 3.63) is 29.6 Å². The lowest BCUT2D eigenvalue weighted by atomic mass is 9.94. The van der Waals surface area contributed by atoms with Gasteiger partial charge in [0.05, 0.1) is 5.60 Å². The molecule has 0 bridgehead atoms. The van der Waals surface area contributed by atoms with E-state index in [4.69, 9.17) is 10.5 Å². The van der Waals surface area contributed by atoms with Crippen molar-refractivity contribution < 1.29 is 19.0 Å². The molecule has 1 fully saturated rings. The van der Waals surface area contributed by atoms with E-state index >= 15 is 0 Å². The van der Waals surface area contributed by atoms with E-state index in [-0.39, 0.29) is 17.8 Å². The van der Waals surface area contributed by atoms with Crippen LogP contribution >= 0.6 is 0 Å². The number of carbonyl (C=O) groups is 1. The first-order valence-corrected chi connectivity index (χ1v) is 6.13. The molecular formula is C13H17FN2O3. The Hall–Kier alpha value is -1.66. The lowest BCUT2D eigenvalue weighted by molar-refractivity contribution is -0.0605. The summed E-state index contributed by atoms with van der Waals surface area (Å²) in [6, 6.07) is 3.65. The normalized spacial score (nSPS) is 18.0. The quantitative estimate of drug-likeness (QED) is 0.704. The Labute approximate surface area is 110 Å². The van der Waals surface area contributed by atoms with Crippen molar-refractivity contribution in [3.8, 4) is 0 Å². The first-order chi connectivity index (χ1) is 8.98. The van der Waals surface area contributed by atoms with E-state index in [0.29, 0.717) is 26.1 Å². The first-order valence-electron chi connectivity index (χ1n) is 6.13. The van der Waals surface area contributed by atoms with Crippen LogP contribution in [0.2, 0.25) is 0 Å².